The zero-order chi connectivity index (χ0) is 26.4. The summed E-state index contributed by atoms with van der Waals surface area (Å²) < 4.78 is 50.2. The lowest BCUT2D eigenvalue weighted by atomic mass is 9.99. The normalized spacial score (nSPS) is 19.2. The standard InChI is InChI=1S/C26H30F2N6O2S/c1-17-22(18-14-31-34(16-18)20-7-8-20)15-30-24(33-11-4-9-26(27,28)10-12-33)23(17)25(35)32-19-5-3-6-21(13-19)37(2,29)36/h3,5-6,13-16,20,29H,4,7-12H2,1-2H3,(H,32,35)/t37-/m1/s1. The maximum Gasteiger partial charge on any atom is 0.259 e. The molecule has 2 fully saturated rings. The van der Waals surface area contributed by atoms with Crippen molar-refractivity contribution in [3.63, 3.8) is 0 Å². The van der Waals surface area contributed by atoms with Gasteiger partial charge in [-0.05, 0) is 49.9 Å². The lowest BCUT2D eigenvalue weighted by molar-refractivity contribution is -0.0102. The summed E-state index contributed by atoms with van der Waals surface area (Å²) in [6.07, 6.45) is 8.68. The molecule has 1 saturated carbocycles. The Labute approximate surface area is 215 Å². The van der Waals surface area contributed by atoms with E-state index in [1.807, 2.05) is 17.8 Å². The van der Waals surface area contributed by atoms with Gasteiger partial charge in [-0.1, -0.05) is 6.07 Å². The Morgan fingerprint density at radius 1 is 1.22 bits per heavy atom. The van der Waals surface area contributed by atoms with Crippen LogP contribution in [-0.2, 0) is 9.73 Å². The molecule has 2 N–H and O–H groups in total. The molecule has 8 nitrogen and oxygen atoms in total. The number of halogens is 2. The predicted molar refractivity (Wildman–Crippen MR) is 139 cm³/mol. The number of carbonyl (C=O) groups excluding carboxylic acids is 1. The quantitative estimate of drug-likeness (QED) is 0.440. The molecule has 196 valence electrons. The Hall–Kier alpha value is -3.34. The van der Waals surface area contributed by atoms with E-state index in [2.05, 4.69) is 15.4 Å². The third-order valence-corrected chi connectivity index (χ3v) is 8.09. The molecule has 0 unspecified atom stereocenters. The number of hydrogen-bond donors (Lipinski definition) is 2. The second-order valence-corrected chi connectivity index (χ2v) is 12.1. The van der Waals surface area contributed by atoms with Gasteiger partial charge in [0, 0.05) is 66.3 Å². The van der Waals surface area contributed by atoms with Crippen molar-refractivity contribution < 1.29 is 17.8 Å². The van der Waals surface area contributed by atoms with E-state index >= 15 is 0 Å². The van der Waals surface area contributed by atoms with Crippen molar-refractivity contribution in [3.8, 4) is 11.1 Å². The average Bonchev–Trinajstić information content (AvgIpc) is 3.60. The first-order chi connectivity index (χ1) is 17.5. The van der Waals surface area contributed by atoms with Gasteiger partial charge in [0.2, 0.25) is 5.92 Å². The molecule has 0 radical (unpaired) electrons. The molecule has 11 heteroatoms. The molecule has 1 atom stereocenters. The van der Waals surface area contributed by atoms with Crippen LogP contribution in [-0.4, -0.2) is 50.1 Å². The second kappa shape index (κ2) is 9.51. The Morgan fingerprint density at radius 3 is 2.73 bits per heavy atom. The maximum absolute atomic E-state index is 14.1. The van der Waals surface area contributed by atoms with Gasteiger partial charge in [0.25, 0.3) is 5.91 Å². The molecule has 3 heterocycles. The van der Waals surface area contributed by atoms with Gasteiger partial charge in [-0.15, -0.1) is 0 Å². The van der Waals surface area contributed by atoms with Gasteiger partial charge < -0.3 is 10.2 Å². The Bertz CT molecular complexity index is 1450. The van der Waals surface area contributed by atoms with Crippen LogP contribution in [0.5, 0.6) is 0 Å². The molecule has 2 aromatic heterocycles. The smallest absolute Gasteiger partial charge is 0.259 e. The Balaban J connectivity index is 1.54. The summed E-state index contributed by atoms with van der Waals surface area (Å²) in [7, 11) is -2.97. The number of pyridine rings is 1. The molecule has 1 aliphatic carbocycles. The van der Waals surface area contributed by atoms with Gasteiger partial charge in [-0.25, -0.2) is 22.8 Å². The van der Waals surface area contributed by atoms with E-state index < -0.39 is 21.6 Å². The van der Waals surface area contributed by atoms with Crippen molar-refractivity contribution in [2.45, 2.75) is 55.9 Å². The highest BCUT2D eigenvalue weighted by Crippen LogP contribution is 2.37. The summed E-state index contributed by atoms with van der Waals surface area (Å²) in [6, 6.07) is 6.80. The molecule has 1 aliphatic heterocycles. The van der Waals surface area contributed by atoms with Crippen molar-refractivity contribution >= 4 is 27.1 Å². The number of amides is 1. The third-order valence-electron chi connectivity index (χ3n) is 6.94. The fourth-order valence-electron chi connectivity index (χ4n) is 4.69. The van der Waals surface area contributed by atoms with Crippen LogP contribution >= 0.6 is 0 Å². The number of nitrogens with zero attached hydrogens (tertiary/aromatic N) is 4. The van der Waals surface area contributed by atoms with E-state index in [-0.39, 0.29) is 19.4 Å². The SMILES string of the molecule is Cc1c(-c2cnn(C3CC3)c2)cnc(N2CCCC(F)(F)CC2)c1C(=O)Nc1cccc([S@](C)(=N)=O)c1. The molecule has 37 heavy (non-hydrogen) atoms. The van der Waals surface area contributed by atoms with Crippen molar-refractivity contribution in [2.24, 2.45) is 0 Å². The number of alkyl halides is 2. The summed E-state index contributed by atoms with van der Waals surface area (Å²) in [4.78, 5) is 20.4. The highest BCUT2D eigenvalue weighted by molar-refractivity contribution is 7.91. The van der Waals surface area contributed by atoms with Crippen molar-refractivity contribution in [1.29, 1.82) is 4.78 Å². The molecule has 2 aliphatic rings. The van der Waals surface area contributed by atoms with Crippen LogP contribution < -0.4 is 10.2 Å². The Morgan fingerprint density at radius 2 is 2.00 bits per heavy atom. The first-order valence-electron chi connectivity index (χ1n) is 12.3. The third kappa shape index (κ3) is 5.51. The lowest BCUT2D eigenvalue weighted by Crippen LogP contribution is -2.30. The predicted octanol–water partition coefficient (Wildman–Crippen LogP) is 5.50. The minimum absolute atomic E-state index is 0.0882. The summed E-state index contributed by atoms with van der Waals surface area (Å²) in [5.74, 6) is -2.83. The number of nitrogens with one attached hydrogen (secondary N) is 2. The van der Waals surface area contributed by atoms with Crippen molar-refractivity contribution in [3.05, 3.63) is 54.0 Å². The van der Waals surface area contributed by atoms with Crippen LogP contribution in [0.3, 0.4) is 0 Å². The van der Waals surface area contributed by atoms with Crippen LogP contribution in [0.25, 0.3) is 11.1 Å². The van der Waals surface area contributed by atoms with Crippen molar-refractivity contribution in [1.82, 2.24) is 14.8 Å². The molecule has 1 saturated heterocycles. The monoisotopic (exact) mass is 528 g/mol. The van der Waals surface area contributed by atoms with Gasteiger partial charge in [-0.2, -0.15) is 5.10 Å². The van der Waals surface area contributed by atoms with E-state index in [0.29, 0.717) is 46.5 Å². The number of carbonyl (C=O) groups is 1. The van der Waals surface area contributed by atoms with Gasteiger partial charge >= 0.3 is 0 Å². The fraction of sp³-hybridized carbons (Fsp3) is 0.423. The molecule has 0 bridgehead atoms. The van der Waals surface area contributed by atoms with E-state index in [4.69, 9.17) is 4.78 Å². The van der Waals surface area contributed by atoms with Gasteiger partial charge in [0.15, 0.2) is 0 Å². The molecule has 5 rings (SSSR count). The molecule has 0 spiro atoms. The number of aromatic nitrogens is 3. The first-order valence-corrected chi connectivity index (χ1v) is 14.3. The summed E-state index contributed by atoms with van der Waals surface area (Å²) in [6.45, 7) is 2.29. The molecule has 3 aromatic rings. The van der Waals surface area contributed by atoms with E-state index in [0.717, 1.165) is 24.0 Å². The van der Waals surface area contributed by atoms with Gasteiger partial charge in [-0.3, -0.25) is 9.48 Å². The summed E-state index contributed by atoms with van der Waals surface area (Å²) in [5, 5.41) is 7.31. The fourth-order valence-corrected chi connectivity index (χ4v) is 5.38. The number of rotatable bonds is 6. The number of benzene rings is 1. The average molecular weight is 529 g/mol. The highest BCUT2D eigenvalue weighted by atomic mass is 32.2. The van der Waals surface area contributed by atoms with Crippen LogP contribution in [0.4, 0.5) is 20.3 Å². The minimum atomic E-state index is -2.97. The minimum Gasteiger partial charge on any atom is -0.356 e. The zero-order valence-electron chi connectivity index (χ0n) is 20.8. The lowest BCUT2D eigenvalue weighted by Gasteiger charge is -2.26. The molecule has 1 amide bonds. The topological polar surface area (TPSA) is 104 Å². The van der Waals surface area contributed by atoms with Gasteiger partial charge in [0.05, 0.1) is 27.5 Å². The Kier molecular flexibility index (Phi) is 6.51. The van der Waals surface area contributed by atoms with Crippen LogP contribution in [0.1, 0.15) is 54.1 Å². The van der Waals surface area contributed by atoms with Gasteiger partial charge in [0.1, 0.15) is 5.82 Å². The number of hydrogen-bond acceptors (Lipinski definition) is 6. The van der Waals surface area contributed by atoms with Crippen LogP contribution in [0.2, 0.25) is 0 Å². The molecular formula is C26H30F2N6O2S. The van der Waals surface area contributed by atoms with E-state index in [1.54, 1.807) is 35.5 Å². The number of anilines is 2. The van der Waals surface area contributed by atoms with Crippen LogP contribution in [0.15, 0.2) is 47.8 Å². The summed E-state index contributed by atoms with van der Waals surface area (Å²) >= 11 is 0. The van der Waals surface area contributed by atoms with E-state index in [9.17, 15) is 17.8 Å². The molecule has 1 aromatic carbocycles. The van der Waals surface area contributed by atoms with Crippen molar-refractivity contribution in [2.75, 3.05) is 29.6 Å². The van der Waals surface area contributed by atoms with E-state index in [1.165, 1.54) is 12.3 Å². The van der Waals surface area contributed by atoms with Crippen LogP contribution in [0, 0.1) is 11.7 Å². The molecular weight excluding hydrogens is 498 g/mol. The largest absolute Gasteiger partial charge is 0.356 e. The highest BCUT2D eigenvalue weighted by Gasteiger charge is 2.34. The maximum atomic E-state index is 14.1. The first kappa shape index (κ1) is 25.3. The zero-order valence-corrected chi connectivity index (χ0v) is 21.7. The summed E-state index contributed by atoms with van der Waals surface area (Å²) in [5.41, 5.74) is 2.95. The second-order valence-electron chi connectivity index (χ2n) is 9.96.